The highest BCUT2D eigenvalue weighted by Crippen LogP contribution is 2.30. The molecule has 0 radical (unpaired) electrons. The fraction of sp³-hybridized carbons (Fsp3) is 0.714. The highest BCUT2D eigenvalue weighted by atomic mass is 32.1. The summed E-state index contributed by atoms with van der Waals surface area (Å²) < 4.78 is 0. The Morgan fingerprint density at radius 1 is 1.25 bits per heavy atom. The lowest BCUT2D eigenvalue weighted by molar-refractivity contribution is 0.128. The monoisotopic (exact) mass is 239 g/mol. The third-order valence-electron chi connectivity index (χ3n) is 3.17. The fourth-order valence-electron chi connectivity index (χ4n) is 1.94. The van der Waals surface area contributed by atoms with Crippen molar-refractivity contribution in [1.82, 2.24) is 4.90 Å². The van der Waals surface area contributed by atoms with Crippen LogP contribution < -0.4 is 0 Å². The molecular weight excluding hydrogens is 214 g/mol. The van der Waals surface area contributed by atoms with Gasteiger partial charge in [-0.15, -0.1) is 11.3 Å². The Hall–Kier alpha value is -0.340. The number of nitrogens with zero attached hydrogens (tertiary/aromatic N) is 1. The molecule has 0 amide bonds. The van der Waals surface area contributed by atoms with Crippen molar-refractivity contribution in [1.29, 1.82) is 0 Å². The molecule has 92 valence electrons. The molecule has 1 aliphatic rings. The van der Waals surface area contributed by atoms with E-state index < -0.39 is 0 Å². The second-order valence-corrected chi connectivity index (χ2v) is 6.05. The third kappa shape index (κ3) is 4.26. The Morgan fingerprint density at radius 2 is 1.88 bits per heavy atom. The standard InChI is InChI=1S/C12H19NS.C2H6/c1-12(2)5-7-13(8-6-12)10-11-4-3-9-14-11;1-2/h3-4,9H,5-8,10H2,1-2H3;1-2H3. The number of rotatable bonds is 2. The highest BCUT2D eigenvalue weighted by molar-refractivity contribution is 7.09. The molecule has 1 aromatic rings. The van der Waals surface area contributed by atoms with Gasteiger partial charge in [-0.3, -0.25) is 4.90 Å². The van der Waals surface area contributed by atoms with Crippen molar-refractivity contribution in [3.63, 3.8) is 0 Å². The molecule has 0 aromatic carbocycles. The van der Waals surface area contributed by atoms with Gasteiger partial charge in [-0.1, -0.05) is 33.8 Å². The smallest absolute Gasteiger partial charge is 0.0327 e. The van der Waals surface area contributed by atoms with E-state index in [2.05, 4.69) is 36.3 Å². The number of hydrogen-bond acceptors (Lipinski definition) is 2. The lowest BCUT2D eigenvalue weighted by Gasteiger charge is -2.36. The van der Waals surface area contributed by atoms with Crippen LogP contribution in [0.4, 0.5) is 0 Å². The SMILES string of the molecule is CC.CC1(C)CCN(Cc2cccs2)CC1. The Kier molecular flexibility index (Phi) is 5.50. The largest absolute Gasteiger partial charge is 0.298 e. The first-order valence-electron chi connectivity index (χ1n) is 6.40. The van der Waals surface area contributed by atoms with Crippen LogP contribution in [0.1, 0.15) is 45.4 Å². The molecule has 0 N–H and O–H groups in total. The van der Waals surface area contributed by atoms with E-state index in [9.17, 15) is 0 Å². The van der Waals surface area contributed by atoms with E-state index in [4.69, 9.17) is 0 Å². The zero-order valence-electron chi connectivity index (χ0n) is 11.1. The van der Waals surface area contributed by atoms with Crippen molar-refractivity contribution >= 4 is 11.3 Å². The molecule has 2 heteroatoms. The maximum absolute atomic E-state index is 2.58. The average molecular weight is 239 g/mol. The van der Waals surface area contributed by atoms with Crippen LogP contribution in [0, 0.1) is 5.41 Å². The minimum atomic E-state index is 0.575. The van der Waals surface area contributed by atoms with E-state index >= 15 is 0 Å². The Morgan fingerprint density at radius 3 is 2.38 bits per heavy atom. The Bertz CT molecular complexity index is 267. The number of hydrogen-bond donors (Lipinski definition) is 0. The molecule has 1 aliphatic heterocycles. The molecule has 1 fully saturated rings. The normalized spacial score (nSPS) is 20.0. The molecule has 0 spiro atoms. The van der Waals surface area contributed by atoms with Crippen molar-refractivity contribution < 1.29 is 0 Å². The van der Waals surface area contributed by atoms with Crippen molar-refractivity contribution in [3.05, 3.63) is 22.4 Å². The van der Waals surface area contributed by atoms with Gasteiger partial charge in [0.15, 0.2) is 0 Å². The second-order valence-electron chi connectivity index (χ2n) is 5.02. The molecule has 0 saturated carbocycles. The molecule has 0 aliphatic carbocycles. The number of likely N-dealkylation sites (tertiary alicyclic amines) is 1. The van der Waals surface area contributed by atoms with Gasteiger partial charge in [0.1, 0.15) is 0 Å². The summed E-state index contributed by atoms with van der Waals surface area (Å²) in [6.07, 6.45) is 2.69. The molecule has 0 bridgehead atoms. The van der Waals surface area contributed by atoms with Crippen molar-refractivity contribution in [3.8, 4) is 0 Å². The van der Waals surface area contributed by atoms with Crippen molar-refractivity contribution in [2.24, 2.45) is 5.41 Å². The van der Waals surface area contributed by atoms with Crippen LogP contribution in [0.5, 0.6) is 0 Å². The van der Waals surface area contributed by atoms with Gasteiger partial charge in [0.25, 0.3) is 0 Å². The summed E-state index contributed by atoms with van der Waals surface area (Å²) in [7, 11) is 0. The summed E-state index contributed by atoms with van der Waals surface area (Å²) in [5, 5.41) is 2.17. The zero-order valence-corrected chi connectivity index (χ0v) is 11.9. The number of thiophene rings is 1. The van der Waals surface area contributed by atoms with Crippen molar-refractivity contribution in [2.45, 2.75) is 47.1 Å². The van der Waals surface area contributed by atoms with E-state index in [1.807, 2.05) is 25.2 Å². The predicted molar refractivity (Wildman–Crippen MR) is 74.0 cm³/mol. The van der Waals surface area contributed by atoms with E-state index in [1.54, 1.807) is 0 Å². The molecule has 2 rings (SSSR count). The van der Waals surface area contributed by atoms with Gasteiger partial charge in [0.05, 0.1) is 0 Å². The Labute approximate surface area is 104 Å². The summed E-state index contributed by atoms with van der Waals surface area (Å²) in [6, 6.07) is 4.39. The van der Waals surface area contributed by atoms with E-state index in [1.165, 1.54) is 30.8 Å². The fourth-order valence-corrected chi connectivity index (χ4v) is 2.69. The van der Waals surface area contributed by atoms with Crippen LogP contribution in [0.15, 0.2) is 17.5 Å². The van der Waals surface area contributed by atoms with Crippen LogP contribution in [0.2, 0.25) is 0 Å². The number of piperidine rings is 1. The first-order chi connectivity index (χ1) is 7.66. The summed E-state index contributed by atoms with van der Waals surface area (Å²) >= 11 is 1.87. The van der Waals surface area contributed by atoms with Crippen LogP contribution in [0.25, 0.3) is 0 Å². The van der Waals surface area contributed by atoms with Crippen LogP contribution in [-0.2, 0) is 6.54 Å². The molecule has 16 heavy (non-hydrogen) atoms. The van der Waals surface area contributed by atoms with Crippen LogP contribution in [-0.4, -0.2) is 18.0 Å². The second kappa shape index (κ2) is 6.41. The van der Waals surface area contributed by atoms with Gasteiger partial charge < -0.3 is 0 Å². The maximum Gasteiger partial charge on any atom is 0.0327 e. The third-order valence-corrected chi connectivity index (χ3v) is 4.03. The molecular formula is C14H25NS. The lowest BCUT2D eigenvalue weighted by Crippen LogP contribution is -2.36. The van der Waals surface area contributed by atoms with Crippen LogP contribution in [0.3, 0.4) is 0 Å². The van der Waals surface area contributed by atoms with Crippen LogP contribution >= 0.6 is 11.3 Å². The predicted octanol–water partition coefficient (Wildman–Crippen LogP) is 4.40. The Balaban J connectivity index is 0.000000606. The van der Waals surface area contributed by atoms with E-state index in [0.29, 0.717) is 5.41 Å². The maximum atomic E-state index is 2.58. The average Bonchev–Trinajstić information content (AvgIpc) is 2.77. The topological polar surface area (TPSA) is 3.24 Å². The van der Waals surface area contributed by atoms with Gasteiger partial charge in [-0.25, -0.2) is 0 Å². The van der Waals surface area contributed by atoms with E-state index in [-0.39, 0.29) is 0 Å². The van der Waals surface area contributed by atoms with Gasteiger partial charge >= 0.3 is 0 Å². The molecule has 0 unspecified atom stereocenters. The zero-order chi connectivity index (χ0) is 12.0. The quantitative estimate of drug-likeness (QED) is 0.739. The lowest BCUT2D eigenvalue weighted by atomic mass is 9.83. The molecule has 2 heterocycles. The summed E-state index contributed by atoms with van der Waals surface area (Å²) in [6.45, 7) is 12.5. The molecule has 0 atom stereocenters. The molecule has 1 saturated heterocycles. The molecule has 1 aromatic heterocycles. The summed E-state index contributed by atoms with van der Waals surface area (Å²) in [5.74, 6) is 0. The minimum absolute atomic E-state index is 0.575. The van der Waals surface area contributed by atoms with Gasteiger partial charge in [0, 0.05) is 11.4 Å². The van der Waals surface area contributed by atoms with Gasteiger partial charge in [-0.2, -0.15) is 0 Å². The highest BCUT2D eigenvalue weighted by Gasteiger charge is 2.25. The summed E-state index contributed by atoms with van der Waals surface area (Å²) in [5.41, 5.74) is 0.575. The van der Waals surface area contributed by atoms with E-state index in [0.717, 1.165) is 6.54 Å². The van der Waals surface area contributed by atoms with Crippen molar-refractivity contribution in [2.75, 3.05) is 13.1 Å². The summed E-state index contributed by atoms with van der Waals surface area (Å²) in [4.78, 5) is 4.08. The first-order valence-corrected chi connectivity index (χ1v) is 7.28. The van der Waals surface area contributed by atoms with Gasteiger partial charge in [0.2, 0.25) is 0 Å². The molecule has 1 nitrogen and oxygen atoms in total. The van der Waals surface area contributed by atoms with Gasteiger partial charge in [-0.05, 0) is 42.8 Å². The first kappa shape index (κ1) is 13.7. The minimum Gasteiger partial charge on any atom is -0.298 e.